The second kappa shape index (κ2) is 11.4. The summed E-state index contributed by atoms with van der Waals surface area (Å²) in [4.78, 5) is 16.6. The van der Waals surface area contributed by atoms with Crippen molar-refractivity contribution in [1.82, 2.24) is 19.8 Å². The average Bonchev–Trinajstić information content (AvgIpc) is 3.39. The lowest BCUT2D eigenvalue weighted by Crippen LogP contribution is -2.53. The van der Waals surface area contributed by atoms with Crippen LogP contribution in [0.2, 0.25) is 0 Å². The number of halogens is 1. The van der Waals surface area contributed by atoms with Gasteiger partial charge in [0.25, 0.3) is 0 Å². The summed E-state index contributed by atoms with van der Waals surface area (Å²) in [6, 6.07) is 11.8. The van der Waals surface area contributed by atoms with Crippen molar-refractivity contribution in [1.29, 1.82) is 5.26 Å². The van der Waals surface area contributed by atoms with Crippen LogP contribution in [0.25, 0.3) is 0 Å². The van der Waals surface area contributed by atoms with E-state index in [1.807, 2.05) is 4.90 Å². The Bertz CT molecular complexity index is 1370. The predicted molar refractivity (Wildman–Crippen MR) is 158 cm³/mol. The second-order valence-corrected chi connectivity index (χ2v) is 12.5. The molecule has 1 spiro atoms. The number of nitrogens with zero attached hydrogens (tertiary/aromatic N) is 6. The molecule has 2 aliphatic carbocycles. The molecule has 2 fully saturated rings. The Balaban J connectivity index is 1.30. The zero-order chi connectivity index (χ0) is 28.6. The van der Waals surface area contributed by atoms with Crippen LogP contribution in [0, 0.1) is 16.7 Å². The SMILES string of the molecule is C=C(F)C(=C)N1CCN(c2nc(OC[C@@H]3CCCN3C)nc3c2CC[C@@]2(CCc4ccccc4C2)C3)C[C@@H]1CC#N. The highest BCUT2D eigenvalue weighted by Crippen LogP contribution is 2.47. The Morgan fingerprint density at radius 1 is 1.10 bits per heavy atom. The van der Waals surface area contributed by atoms with Gasteiger partial charge in [-0.1, -0.05) is 37.4 Å². The van der Waals surface area contributed by atoms with Crippen molar-refractivity contribution in [2.75, 3.05) is 44.7 Å². The summed E-state index contributed by atoms with van der Waals surface area (Å²) in [5.74, 6) is 0.371. The molecule has 2 aliphatic heterocycles. The molecule has 41 heavy (non-hydrogen) atoms. The number of rotatable bonds is 7. The van der Waals surface area contributed by atoms with E-state index in [1.165, 1.54) is 29.5 Å². The van der Waals surface area contributed by atoms with Crippen molar-refractivity contribution >= 4 is 5.82 Å². The van der Waals surface area contributed by atoms with Crippen LogP contribution in [0.5, 0.6) is 6.01 Å². The van der Waals surface area contributed by atoms with Crippen LogP contribution in [0.15, 0.2) is 48.9 Å². The number of aromatic nitrogens is 2. The van der Waals surface area contributed by atoms with Crippen molar-refractivity contribution in [3.05, 3.63) is 71.3 Å². The normalized spacial score (nSPS) is 25.9. The van der Waals surface area contributed by atoms with E-state index < -0.39 is 5.83 Å². The molecule has 0 bridgehead atoms. The third-order valence-corrected chi connectivity index (χ3v) is 9.95. The molecule has 1 aromatic heterocycles. The van der Waals surface area contributed by atoms with Gasteiger partial charge in [-0.05, 0) is 81.5 Å². The maximum atomic E-state index is 14.0. The van der Waals surface area contributed by atoms with Gasteiger partial charge in [-0.2, -0.15) is 15.2 Å². The molecule has 7 nitrogen and oxygen atoms in total. The van der Waals surface area contributed by atoms with Gasteiger partial charge in [0.05, 0.1) is 29.9 Å². The molecular formula is C33H41FN6O. The van der Waals surface area contributed by atoms with Crippen LogP contribution in [-0.2, 0) is 25.7 Å². The van der Waals surface area contributed by atoms with Crippen LogP contribution < -0.4 is 9.64 Å². The molecular weight excluding hydrogens is 515 g/mol. The zero-order valence-electron chi connectivity index (χ0n) is 24.2. The lowest BCUT2D eigenvalue weighted by Gasteiger charge is -2.45. The average molecular weight is 557 g/mol. The van der Waals surface area contributed by atoms with Crippen LogP contribution in [0.4, 0.5) is 10.2 Å². The van der Waals surface area contributed by atoms with Gasteiger partial charge in [-0.3, -0.25) is 0 Å². The predicted octanol–water partition coefficient (Wildman–Crippen LogP) is 5.01. The number of allylic oxidation sites excluding steroid dienone is 1. The number of benzene rings is 1. The molecule has 3 atom stereocenters. The molecule has 0 unspecified atom stereocenters. The lowest BCUT2D eigenvalue weighted by molar-refractivity contribution is 0.182. The summed E-state index contributed by atoms with van der Waals surface area (Å²) >= 11 is 0. The van der Waals surface area contributed by atoms with E-state index in [-0.39, 0.29) is 23.6 Å². The highest BCUT2D eigenvalue weighted by molar-refractivity contribution is 5.53. The molecule has 0 radical (unpaired) electrons. The number of hydrogen-bond donors (Lipinski definition) is 0. The number of piperazine rings is 1. The first-order valence-electron chi connectivity index (χ1n) is 15.1. The number of likely N-dealkylation sites (N-methyl/N-ethyl adjacent to an activating group) is 1. The zero-order valence-corrected chi connectivity index (χ0v) is 24.2. The van der Waals surface area contributed by atoms with Gasteiger partial charge >= 0.3 is 6.01 Å². The molecule has 0 amide bonds. The second-order valence-electron chi connectivity index (χ2n) is 12.5. The molecule has 2 aromatic rings. The van der Waals surface area contributed by atoms with Gasteiger partial charge < -0.3 is 19.4 Å². The van der Waals surface area contributed by atoms with Gasteiger partial charge in [0.1, 0.15) is 18.3 Å². The number of hydrogen-bond acceptors (Lipinski definition) is 7. The fourth-order valence-corrected chi connectivity index (χ4v) is 7.49. The lowest BCUT2D eigenvalue weighted by atomic mass is 9.63. The van der Waals surface area contributed by atoms with Crippen molar-refractivity contribution < 1.29 is 9.13 Å². The van der Waals surface area contributed by atoms with E-state index in [0.29, 0.717) is 38.3 Å². The molecule has 2 saturated heterocycles. The van der Waals surface area contributed by atoms with Crippen molar-refractivity contribution in [2.45, 2.75) is 69.9 Å². The molecule has 0 N–H and O–H groups in total. The fourth-order valence-electron chi connectivity index (χ4n) is 7.49. The van der Waals surface area contributed by atoms with E-state index in [4.69, 9.17) is 14.7 Å². The minimum atomic E-state index is -0.548. The van der Waals surface area contributed by atoms with Crippen LogP contribution >= 0.6 is 0 Å². The fraction of sp³-hybridized carbons (Fsp3) is 0.545. The van der Waals surface area contributed by atoms with Gasteiger partial charge in [0, 0.05) is 31.2 Å². The van der Waals surface area contributed by atoms with Crippen LogP contribution in [0.1, 0.15) is 54.5 Å². The Hall–Kier alpha value is -3.44. The summed E-state index contributed by atoms with van der Waals surface area (Å²) in [7, 11) is 2.15. The molecule has 8 heteroatoms. The topological polar surface area (TPSA) is 68.5 Å². The van der Waals surface area contributed by atoms with Gasteiger partial charge in [-0.15, -0.1) is 0 Å². The van der Waals surface area contributed by atoms with E-state index in [9.17, 15) is 9.65 Å². The summed E-state index contributed by atoms with van der Waals surface area (Å²) in [5.41, 5.74) is 5.74. The maximum absolute atomic E-state index is 14.0. The summed E-state index contributed by atoms with van der Waals surface area (Å²) in [5, 5.41) is 9.56. The van der Waals surface area contributed by atoms with E-state index in [0.717, 1.165) is 56.6 Å². The number of likely N-dealkylation sites (tertiary alicyclic amines) is 1. The summed E-state index contributed by atoms with van der Waals surface area (Å²) in [6.07, 6.45) is 8.91. The Labute approximate surface area is 243 Å². The monoisotopic (exact) mass is 556 g/mol. The third kappa shape index (κ3) is 5.57. The number of ether oxygens (including phenoxy) is 1. The maximum Gasteiger partial charge on any atom is 0.318 e. The van der Waals surface area contributed by atoms with Gasteiger partial charge in [0.15, 0.2) is 0 Å². The molecule has 0 saturated carbocycles. The van der Waals surface area contributed by atoms with E-state index in [1.54, 1.807) is 0 Å². The Kier molecular flexibility index (Phi) is 7.74. The van der Waals surface area contributed by atoms with E-state index >= 15 is 0 Å². The summed E-state index contributed by atoms with van der Waals surface area (Å²) < 4.78 is 20.4. The molecule has 6 rings (SSSR count). The van der Waals surface area contributed by atoms with Crippen molar-refractivity contribution in [2.24, 2.45) is 5.41 Å². The quantitative estimate of drug-likeness (QED) is 0.444. The number of aryl methyl sites for hydroxylation is 1. The minimum absolute atomic E-state index is 0.194. The Morgan fingerprint density at radius 2 is 1.90 bits per heavy atom. The van der Waals surface area contributed by atoms with E-state index in [2.05, 4.69) is 60.3 Å². The highest BCUT2D eigenvalue weighted by atomic mass is 19.1. The Morgan fingerprint density at radius 3 is 2.66 bits per heavy atom. The summed E-state index contributed by atoms with van der Waals surface area (Å²) in [6.45, 7) is 10.8. The first-order valence-corrected chi connectivity index (χ1v) is 15.1. The number of anilines is 1. The minimum Gasteiger partial charge on any atom is -0.462 e. The first-order chi connectivity index (χ1) is 19.9. The largest absolute Gasteiger partial charge is 0.462 e. The van der Waals surface area contributed by atoms with Crippen molar-refractivity contribution in [3.8, 4) is 12.1 Å². The number of fused-ring (bicyclic) bond motifs is 2. The van der Waals surface area contributed by atoms with Gasteiger partial charge in [-0.25, -0.2) is 4.39 Å². The van der Waals surface area contributed by atoms with Crippen LogP contribution in [0.3, 0.4) is 0 Å². The first kappa shape index (κ1) is 27.7. The molecule has 1 aromatic carbocycles. The molecule has 3 heterocycles. The highest BCUT2D eigenvalue weighted by Gasteiger charge is 2.41. The number of nitriles is 1. The van der Waals surface area contributed by atoms with Crippen LogP contribution in [-0.4, -0.2) is 71.7 Å². The molecule has 216 valence electrons. The third-order valence-electron chi connectivity index (χ3n) is 9.95. The standard InChI is InChI=1S/C33H41FN6O/c1-23(34)24(2)40-18-17-39(21-27(40)12-15-35)31-29-11-14-33(13-10-25-7-4-5-8-26(25)19-33)20-30(29)36-32(37-31)41-22-28-9-6-16-38(28)3/h4-5,7-8,27-28H,1-2,6,9-14,16-22H2,3H3/t27-,28-,33+/m0/s1. The smallest absolute Gasteiger partial charge is 0.318 e. The molecule has 4 aliphatic rings. The van der Waals surface area contributed by atoms with Crippen molar-refractivity contribution in [3.63, 3.8) is 0 Å². The van der Waals surface area contributed by atoms with Gasteiger partial charge in [0.2, 0.25) is 0 Å².